The number of benzene rings is 2. The molecule has 3 amide bonds. The molecule has 1 saturated heterocycles. The van der Waals surface area contributed by atoms with Crippen LogP contribution < -0.4 is 10.1 Å². The third-order valence-corrected chi connectivity index (χ3v) is 8.27. The zero-order valence-corrected chi connectivity index (χ0v) is 21.0. The first-order valence-electron chi connectivity index (χ1n) is 12.8. The van der Waals surface area contributed by atoms with Gasteiger partial charge < -0.3 is 25.0 Å². The fourth-order valence-electron chi connectivity index (χ4n) is 6.13. The normalized spacial score (nSPS) is 23.4. The van der Waals surface area contributed by atoms with Crippen molar-refractivity contribution in [3.05, 3.63) is 59.0 Å². The van der Waals surface area contributed by atoms with Crippen LogP contribution in [-0.4, -0.2) is 63.6 Å². The first kappa shape index (κ1) is 23.8. The van der Waals surface area contributed by atoms with Crippen molar-refractivity contribution in [3.8, 4) is 11.5 Å². The van der Waals surface area contributed by atoms with E-state index in [1.54, 1.807) is 29.2 Å². The Morgan fingerprint density at radius 2 is 2.05 bits per heavy atom. The van der Waals surface area contributed by atoms with E-state index in [2.05, 4.69) is 10.3 Å². The molecule has 2 atom stereocenters. The maximum Gasteiger partial charge on any atom is 0.328 e. The van der Waals surface area contributed by atoms with Gasteiger partial charge in [0.05, 0.1) is 13.2 Å². The fourth-order valence-corrected chi connectivity index (χ4v) is 6.13. The molecule has 2 aliphatic heterocycles. The van der Waals surface area contributed by atoms with E-state index in [1.165, 1.54) is 24.5 Å². The summed E-state index contributed by atoms with van der Waals surface area (Å²) in [4.78, 5) is 34.1. The summed E-state index contributed by atoms with van der Waals surface area (Å²) < 4.78 is 19.8. The molecule has 6 rings (SSSR count). The highest BCUT2D eigenvalue weighted by Gasteiger charge is 2.59. The molecule has 0 spiro atoms. The number of nitrogens with one attached hydrogen (secondary N) is 2. The number of hydrogen-bond donors (Lipinski definition) is 3. The minimum atomic E-state index is -1.08. The molecule has 2 fully saturated rings. The SMILES string of the molecule is COc1cc2c3c([nH]c2cc1F)C(Cc1cccc(O)c1)N1C(=O)N(CCNC2CCC2)C(=O)[C@]1(C)C3. The van der Waals surface area contributed by atoms with Gasteiger partial charge in [-0.3, -0.25) is 9.69 Å². The number of carbonyl (C=O) groups is 2. The summed E-state index contributed by atoms with van der Waals surface area (Å²) in [6, 6.07) is 9.61. The number of carbonyl (C=O) groups excluding carboxylic acids is 2. The van der Waals surface area contributed by atoms with Crippen LogP contribution in [0.1, 0.15) is 49.0 Å². The smallest absolute Gasteiger partial charge is 0.328 e. The summed E-state index contributed by atoms with van der Waals surface area (Å²) in [5, 5.41) is 14.3. The summed E-state index contributed by atoms with van der Waals surface area (Å²) >= 11 is 0. The number of phenols is 1. The molecule has 0 radical (unpaired) electrons. The summed E-state index contributed by atoms with van der Waals surface area (Å²) in [6.45, 7) is 2.70. The lowest BCUT2D eigenvalue weighted by molar-refractivity contribution is -0.133. The van der Waals surface area contributed by atoms with Crippen LogP contribution in [0, 0.1) is 5.82 Å². The van der Waals surface area contributed by atoms with E-state index in [1.807, 2.05) is 13.0 Å². The minimum Gasteiger partial charge on any atom is -0.508 e. The first-order chi connectivity index (χ1) is 17.8. The molecular weight excluding hydrogens is 475 g/mol. The molecule has 0 bridgehead atoms. The third-order valence-electron chi connectivity index (χ3n) is 8.27. The van der Waals surface area contributed by atoms with Crippen LogP contribution in [0.25, 0.3) is 10.9 Å². The Kier molecular flexibility index (Phi) is 5.63. The van der Waals surface area contributed by atoms with Gasteiger partial charge in [0.15, 0.2) is 11.6 Å². The van der Waals surface area contributed by atoms with Crippen LogP contribution in [0.15, 0.2) is 36.4 Å². The number of halogens is 1. The number of fused-ring (bicyclic) bond motifs is 4. The van der Waals surface area contributed by atoms with E-state index in [4.69, 9.17) is 4.74 Å². The molecular formula is C28H31FN4O4. The highest BCUT2D eigenvalue weighted by atomic mass is 19.1. The van der Waals surface area contributed by atoms with Crippen LogP contribution in [0.4, 0.5) is 9.18 Å². The number of methoxy groups -OCH3 is 1. The Morgan fingerprint density at radius 1 is 1.24 bits per heavy atom. The van der Waals surface area contributed by atoms with Gasteiger partial charge in [0.2, 0.25) is 0 Å². The summed E-state index contributed by atoms with van der Waals surface area (Å²) in [6.07, 6.45) is 4.16. The van der Waals surface area contributed by atoms with E-state index < -0.39 is 17.4 Å². The molecule has 3 N–H and O–H groups in total. The molecule has 3 heterocycles. The Morgan fingerprint density at radius 3 is 2.76 bits per heavy atom. The Hall–Kier alpha value is -3.59. The Labute approximate surface area is 214 Å². The maximum atomic E-state index is 14.6. The van der Waals surface area contributed by atoms with Gasteiger partial charge in [-0.05, 0) is 55.5 Å². The fraction of sp³-hybridized carbons (Fsp3) is 0.429. The molecule has 1 aromatic heterocycles. The predicted molar refractivity (Wildman–Crippen MR) is 136 cm³/mol. The lowest BCUT2D eigenvalue weighted by Crippen LogP contribution is -2.53. The van der Waals surface area contributed by atoms with Crippen molar-refractivity contribution in [3.63, 3.8) is 0 Å². The quantitative estimate of drug-likeness (QED) is 0.421. The van der Waals surface area contributed by atoms with Gasteiger partial charge in [-0.1, -0.05) is 18.6 Å². The molecule has 9 heteroatoms. The summed E-state index contributed by atoms with van der Waals surface area (Å²) in [7, 11) is 1.42. The van der Waals surface area contributed by atoms with Crippen LogP contribution >= 0.6 is 0 Å². The second kappa shape index (κ2) is 8.76. The van der Waals surface area contributed by atoms with E-state index in [0.29, 0.717) is 37.5 Å². The molecule has 194 valence electrons. The molecule has 3 aromatic rings. The van der Waals surface area contributed by atoms with Crippen molar-refractivity contribution < 1.29 is 23.8 Å². The molecule has 8 nitrogen and oxygen atoms in total. The van der Waals surface area contributed by atoms with Gasteiger partial charge in [-0.2, -0.15) is 0 Å². The Balaban J connectivity index is 1.42. The number of aromatic nitrogens is 1. The highest BCUT2D eigenvalue weighted by Crippen LogP contribution is 2.48. The van der Waals surface area contributed by atoms with E-state index in [0.717, 1.165) is 35.0 Å². The molecule has 1 unspecified atom stereocenters. The predicted octanol–water partition coefficient (Wildman–Crippen LogP) is 4.03. The minimum absolute atomic E-state index is 0.129. The van der Waals surface area contributed by atoms with Crippen molar-refractivity contribution in [1.82, 2.24) is 20.1 Å². The van der Waals surface area contributed by atoms with Gasteiger partial charge in [-0.15, -0.1) is 0 Å². The number of ether oxygens (including phenoxy) is 1. The lowest BCUT2D eigenvalue weighted by atomic mass is 9.81. The molecule has 3 aliphatic rings. The van der Waals surface area contributed by atoms with Crippen molar-refractivity contribution in [1.29, 1.82) is 0 Å². The molecule has 1 saturated carbocycles. The number of H-pyrrole nitrogens is 1. The average molecular weight is 507 g/mol. The number of amides is 3. The van der Waals surface area contributed by atoms with Gasteiger partial charge in [0, 0.05) is 48.2 Å². The first-order valence-corrected chi connectivity index (χ1v) is 12.8. The number of aromatic hydroxyl groups is 1. The average Bonchev–Trinajstić information content (AvgIpc) is 3.26. The number of phenolic OH excluding ortho intramolecular Hbond substituents is 1. The monoisotopic (exact) mass is 506 g/mol. The molecule has 1 aliphatic carbocycles. The van der Waals surface area contributed by atoms with Crippen molar-refractivity contribution in [2.75, 3.05) is 20.2 Å². The van der Waals surface area contributed by atoms with E-state index >= 15 is 0 Å². The second-order valence-corrected chi connectivity index (χ2v) is 10.6. The van der Waals surface area contributed by atoms with Gasteiger partial charge in [-0.25, -0.2) is 9.18 Å². The zero-order chi connectivity index (χ0) is 25.9. The lowest BCUT2D eigenvalue weighted by Gasteiger charge is -2.42. The summed E-state index contributed by atoms with van der Waals surface area (Å²) in [5.74, 6) is -0.443. The second-order valence-electron chi connectivity index (χ2n) is 10.6. The van der Waals surface area contributed by atoms with Crippen LogP contribution in [0.2, 0.25) is 0 Å². The Bertz CT molecular complexity index is 1400. The standard InChI is InChI=1S/C28H31FN4O4/c1-28-15-20-19-13-24(37-2)21(29)14-22(19)31-25(20)23(12-16-5-3-8-18(34)11-16)33(28)27(36)32(26(28)35)10-9-30-17-6-4-7-17/h3,5,8,11,13-14,17,23,30-31,34H,4,6-7,9-10,12,15H2,1-2H3/t23?,28-/m0/s1. The van der Waals surface area contributed by atoms with Crippen molar-refractivity contribution >= 4 is 22.8 Å². The summed E-state index contributed by atoms with van der Waals surface area (Å²) in [5.41, 5.74) is 1.99. The molecule has 2 aromatic carbocycles. The van der Waals surface area contributed by atoms with E-state index in [-0.39, 0.29) is 23.4 Å². The van der Waals surface area contributed by atoms with Crippen LogP contribution in [0.5, 0.6) is 11.5 Å². The van der Waals surface area contributed by atoms with Crippen LogP contribution in [0.3, 0.4) is 0 Å². The zero-order valence-electron chi connectivity index (χ0n) is 21.0. The van der Waals surface area contributed by atoms with E-state index in [9.17, 15) is 19.1 Å². The number of nitrogens with zero attached hydrogens (tertiary/aromatic N) is 2. The number of hydrogen-bond acceptors (Lipinski definition) is 5. The third kappa shape index (κ3) is 3.75. The van der Waals surface area contributed by atoms with Crippen molar-refractivity contribution in [2.45, 2.75) is 56.7 Å². The van der Waals surface area contributed by atoms with Crippen molar-refractivity contribution in [2.24, 2.45) is 0 Å². The number of urea groups is 1. The van der Waals surface area contributed by atoms with Gasteiger partial charge >= 0.3 is 6.03 Å². The van der Waals surface area contributed by atoms with Gasteiger partial charge in [0.25, 0.3) is 5.91 Å². The number of aromatic amines is 1. The number of imide groups is 1. The van der Waals surface area contributed by atoms with Gasteiger partial charge in [0.1, 0.15) is 11.3 Å². The number of rotatable bonds is 7. The topological polar surface area (TPSA) is 97.9 Å². The highest BCUT2D eigenvalue weighted by molar-refractivity contribution is 6.08. The molecule has 37 heavy (non-hydrogen) atoms. The maximum absolute atomic E-state index is 14.6. The largest absolute Gasteiger partial charge is 0.508 e. The van der Waals surface area contributed by atoms with Crippen LogP contribution in [-0.2, 0) is 17.6 Å².